The summed E-state index contributed by atoms with van der Waals surface area (Å²) < 4.78 is 10.8. The molecule has 2 amide bonds. The predicted octanol–water partition coefficient (Wildman–Crippen LogP) is 3.07. The number of nitrogens with one attached hydrogen (secondary N) is 1. The van der Waals surface area contributed by atoms with E-state index in [1.54, 1.807) is 7.11 Å². The average molecular weight is 337 g/mol. The van der Waals surface area contributed by atoms with Crippen molar-refractivity contribution in [1.29, 1.82) is 0 Å². The maximum absolute atomic E-state index is 12.6. The smallest absolute Gasteiger partial charge is 0.317 e. The lowest BCUT2D eigenvalue weighted by atomic mass is 9.55. The fourth-order valence-corrected chi connectivity index (χ4v) is 3.68. The number of hydrogen-bond acceptors (Lipinski definition) is 4. The summed E-state index contributed by atoms with van der Waals surface area (Å²) in [5, 5.41) is 7.05. The maximum atomic E-state index is 12.6. The molecule has 1 aliphatic carbocycles. The summed E-state index contributed by atoms with van der Waals surface area (Å²) in [6.45, 7) is 12.2. The van der Waals surface area contributed by atoms with Gasteiger partial charge in [0.1, 0.15) is 5.76 Å². The summed E-state index contributed by atoms with van der Waals surface area (Å²) >= 11 is 0. The molecule has 1 fully saturated rings. The summed E-state index contributed by atoms with van der Waals surface area (Å²) in [5.74, 6) is 0.818. The second kappa shape index (κ2) is 6.39. The van der Waals surface area contributed by atoms with Crippen LogP contribution in [0, 0.1) is 19.3 Å². The van der Waals surface area contributed by atoms with Crippen LogP contribution in [0.4, 0.5) is 4.79 Å². The molecular formula is C18H31N3O3. The van der Waals surface area contributed by atoms with Crippen LogP contribution < -0.4 is 5.32 Å². The molecule has 0 aliphatic heterocycles. The van der Waals surface area contributed by atoms with Gasteiger partial charge in [-0.05, 0) is 40.5 Å². The van der Waals surface area contributed by atoms with E-state index in [9.17, 15) is 4.79 Å². The number of aromatic nitrogens is 1. The molecule has 3 atom stereocenters. The Bertz CT molecular complexity index is 591. The molecule has 0 aromatic carbocycles. The van der Waals surface area contributed by atoms with Gasteiger partial charge >= 0.3 is 6.03 Å². The molecule has 0 radical (unpaired) electrons. The van der Waals surface area contributed by atoms with E-state index in [1.165, 1.54) is 0 Å². The molecule has 1 heterocycles. The minimum atomic E-state index is -0.186. The Morgan fingerprint density at radius 3 is 2.54 bits per heavy atom. The molecule has 0 bridgehead atoms. The molecule has 6 nitrogen and oxygen atoms in total. The van der Waals surface area contributed by atoms with Crippen molar-refractivity contribution in [3.05, 3.63) is 17.0 Å². The largest absolute Gasteiger partial charge is 0.378 e. The van der Waals surface area contributed by atoms with E-state index in [0.717, 1.165) is 23.4 Å². The van der Waals surface area contributed by atoms with Gasteiger partial charge in [0.2, 0.25) is 0 Å². The number of hydrogen-bond donors (Lipinski definition) is 1. The third-order valence-corrected chi connectivity index (χ3v) is 6.08. The van der Waals surface area contributed by atoms with Crippen LogP contribution in [-0.4, -0.2) is 47.9 Å². The highest BCUT2D eigenvalue weighted by atomic mass is 16.5. The van der Waals surface area contributed by atoms with Crippen LogP contribution in [0.25, 0.3) is 0 Å². The molecule has 2 rings (SSSR count). The number of carbonyl (C=O) groups excluding carboxylic acids is 1. The molecule has 24 heavy (non-hydrogen) atoms. The third-order valence-electron chi connectivity index (χ3n) is 6.08. The van der Waals surface area contributed by atoms with E-state index in [4.69, 9.17) is 9.26 Å². The lowest BCUT2D eigenvalue weighted by Crippen LogP contribution is -2.69. The van der Waals surface area contributed by atoms with Crippen molar-refractivity contribution >= 4 is 6.03 Å². The Morgan fingerprint density at radius 2 is 2.08 bits per heavy atom. The quantitative estimate of drug-likeness (QED) is 0.896. The van der Waals surface area contributed by atoms with Crippen molar-refractivity contribution in [2.24, 2.45) is 5.41 Å². The van der Waals surface area contributed by atoms with Crippen molar-refractivity contribution in [2.75, 3.05) is 14.2 Å². The Labute approximate surface area is 144 Å². The molecule has 0 unspecified atom stereocenters. The zero-order chi connectivity index (χ0) is 18.3. The molecule has 0 spiro atoms. The van der Waals surface area contributed by atoms with Gasteiger partial charge in [-0.15, -0.1) is 0 Å². The fourth-order valence-electron chi connectivity index (χ4n) is 3.68. The highest BCUT2D eigenvalue weighted by Gasteiger charge is 2.59. The number of rotatable bonds is 5. The van der Waals surface area contributed by atoms with Crippen molar-refractivity contribution in [3.63, 3.8) is 0 Å². The highest BCUT2D eigenvalue weighted by molar-refractivity contribution is 5.75. The Balaban J connectivity index is 1.95. The zero-order valence-electron chi connectivity index (χ0n) is 16.2. The van der Waals surface area contributed by atoms with E-state index >= 15 is 0 Å². The van der Waals surface area contributed by atoms with Gasteiger partial charge in [-0.1, -0.05) is 19.0 Å². The summed E-state index contributed by atoms with van der Waals surface area (Å²) in [7, 11) is 3.60. The molecule has 6 heteroatoms. The third kappa shape index (κ3) is 3.04. The molecule has 1 N–H and O–H groups in total. The number of carbonyl (C=O) groups is 1. The van der Waals surface area contributed by atoms with Crippen LogP contribution in [0.15, 0.2) is 4.52 Å². The summed E-state index contributed by atoms with van der Waals surface area (Å²) in [6.07, 6.45) is 1.56. The van der Waals surface area contributed by atoms with Crippen LogP contribution in [0.5, 0.6) is 0 Å². The normalized spacial score (nSPS) is 26.6. The van der Waals surface area contributed by atoms with Crippen LogP contribution in [0.1, 0.15) is 51.1 Å². The first-order valence-electron chi connectivity index (χ1n) is 8.53. The topological polar surface area (TPSA) is 67.6 Å². The van der Waals surface area contributed by atoms with Crippen LogP contribution >= 0.6 is 0 Å². The number of aryl methyl sites for hydroxylation is 2. The molecule has 1 aromatic heterocycles. The SMILES string of the molecule is CO[C@]1(C)C[C@@H](N(C)C(=O)N[C@H](C)Cc2c(C)noc2C)C1(C)C. The number of methoxy groups -OCH3 is 1. The van der Waals surface area contributed by atoms with Gasteiger partial charge in [0.25, 0.3) is 0 Å². The average Bonchev–Trinajstić information content (AvgIpc) is 2.83. The predicted molar refractivity (Wildman–Crippen MR) is 93.0 cm³/mol. The van der Waals surface area contributed by atoms with E-state index in [1.807, 2.05) is 32.7 Å². The highest BCUT2D eigenvalue weighted by Crippen LogP contribution is 2.53. The van der Waals surface area contributed by atoms with Crippen LogP contribution in [0.2, 0.25) is 0 Å². The van der Waals surface area contributed by atoms with Crippen LogP contribution in [0.3, 0.4) is 0 Å². The number of amides is 2. The lowest BCUT2D eigenvalue weighted by Gasteiger charge is -2.61. The molecule has 0 saturated heterocycles. The van der Waals surface area contributed by atoms with Gasteiger partial charge in [-0.2, -0.15) is 0 Å². The fraction of sp³-hybridized carbons (Fsp3) is 0.778. The summed E-state index contributed by atoms with van der Waals surface area (Å²) in [4.78, 5) is 14.4. The minimum absolute atomic E-state index is 0.00810. The lowest BCUT2D eigenvalue weighted by molar-refractivity contribution is -0.198. The maximum Gasteiger partial charge on any atom is 0.317 e. The molecular weight excluding hydrogens is 306 g/mol. The second-order valence-corrected chi connectivity index (χ2v) is 7.84. The van der Waals surface area contributed by atoms with E-state index in [0.29, 0.717) is 6.42 Å². The summed E-state index contributed by atoms with van der Waals surface area (Å²) in [5.41, 5.74) is 1.69. The first-order valence-corrected chi connectivity index (χ1v) is 8.53. The van der Waals surface area contributed by atoms with E-state index in [-0.39, 0.29) is 29.1 Å². The Morgan fingerprint density at radius 1 is 1.46 bits per heavy atom. The van der Waals surface area contributed by atoms with Gasteiger partial charge in [-0.3, -0.25) is 0 Å². The number of urea groups is 1. The summed E-state index contributed by atoms with van der Waals surface area (Å²) in [6, 6.07) is 0.118. The van der Waals surface area contributed by atoms with Crippen molar-refractivity contribution in [3.8, 4) is 0 Å². The standard InChI is InChI=1S/C18H31N3O3/c1-11(9-14-12(2)20-24-13(14)3)19-16(22)21(7)15-10-18(6,23-8)17(15,4)5/h11,15H,9-10H2,1-8H3,(H,19,22)/t11-,15-,18-/m1/s1. The van der Waals surface area contributed by atoms with Crippen molar-refractivity contribution < 1.29 is 14.1 Å². The molecule has 1 aliphatic rings. The molecule has 1 aromatic rings. The number of nitrogens with zero attached hydrogens (tertiary/aromatic N) is 2. The van der Waals surface area contributed by atoms with Gasteiger partial charge in [0, 0.05) is 37.2 Å². The van der Waals surface area contributed by atoms with E-state index in [2.05, 4.69) is 31.2 Å². The van der Waals surface area contributed by atoms with Gasteiger partial charge < -0.3 is 19.5 Å². The minimum Gasteiger partial charge on any atom is -0.378 e. The zero-order valence-corrected chi connectivity index (χ0v) is 16.2. The van der Waals surface area contributed by atoms with Gasteiger partial charge in [0.05, 0.1) is 11.3 Å². The van der Waals surface area contributed by atoms with Crippen LogP contribution in [-0.2, 0) is 11.2 Å². The first-order chi connectivity index (χ1) is 11.0. The Kier molecular flexibility index (Phi) is 5.00. The van der Waals surface area contributed by atoms with Crippen molar-refractivity contribution in [2.45, 2.75) is 72.1 Å². The second-order valence-electron chi connectivity index (χ2n) is 7.84. The van der Waals surface area contributed by atoms with Gasteiger partial charge in [-0.25, -0.2) is 4.79 Å². The first kappa shape index (κ1) is 18.8. The Hall–Kier alpha value is -1.56. The van der Waals surface area contributed by atoms with Crippen molar-refractivity contribution in [1.82, 2.24) is 15.4 Å². The number of ether oxygens (including phenoxy) is 1. The monoisotopic (exact) mass is 337 g/mol. The van der Waals surface area contributed by atoms with Gasteiger partial charge in [0.15, 0.2) is 0 Å². The molecule has 136 valence electrons. The molecule has 1 saturated carbocycles. The van der Waals surface area contributed by atoms with E-state index < -0.39 is 0 Å².